The Balaban J connectivity index is 1.82. The Hall–Kier alpha value is -1.63. The normalized spacial score (nSPS) is 10.5. The van der Waals surface area contributed by atoms with Gasteiger partial charge in [0.25, 0.3) is 0 Å². The lowest BCUT2D eigenvalue weighted by Crippen LogP contribution is -2.10. The molecule has 0 spiro atoms. The summed E-state index contributed by atoms with van der Waals surface area (Å²) in [6, 6.07) is 1.93. The average molecular weight is 339 g/mol. The molecule has 0 saturated heterocycles. The summed E-state index contributed by atoms with van der Waals surface area (Å²) < 4.78 is 2.80. The van der Waals surface area contributed by atoms with Crippen LogP contribution in [0.1, 0.15) is 19.8 Å². The predicted molar refractivity (Wildman–Crippen MR) is 83.8 cm³/mol. The Morgan fingerprint density at radius 2 is 1.95 bits per heavy atom. The third kappa shape index (κ3) is 4.19. The maximum absolute atomic E-state index is 4.25. The molecule has 0 unspecified atom stereocenters. The molecule has 7 heteroatoms. The van der Waals surface area contributed by atoms with Gasteiger partial charge in [-0.05, 0) is 34.8 Å². The number of rotatable bonds is 8. The maximum Gasteiger partial charge on any atom is 0.145 e. The van der Waals surface area contributed by atoms with Crippen molar-refractivity contribution in [2.24, 2.45) is 0 Å². The lowest BCUT2D eigenvalue weighted by Gasteiger charge is -2.11. The Morgan fingerprint density at radius 1 is 1.20 bits per heavy atom. The van der Waals surface area contributed by atoms with Crippen molar-refractivity contribution < 1.29 is 0 Å². The molecular formula is C13H19BrN6. The zero-order chi connectivity index (χ0) is 14.2. The van der Waals surface area contributed by atoms with Gasteiger partial charge in [0.1, 0.15) is 22.4 Å². The van der Waals surface area contributed by atoms with Crippen LogP contribution >= 0.6 is 15.9 Å². The van der Waals surface area contributed by atoms with Crippen molar-refractivity contribution in [2.45, 2.75) is 26.3 Å². The van der Waals surface area contributed by atoms with Crippen molar-refractivity contribution in [3.63, 3.8) is 0 Å². The van der Waals surface area contributed by atoms with Crippen molar-refractivity contribution in [3.8, 4) is 0 Å². The minimum absolute atomic E-state index is 0.819. The van der Waals surface area contributed by atoms with E-state index in [0.29, 0.717) is 0 Å². The first-order valence-corrected chi connectivity index (χ1v) is 7.56. The van der Waals surface area contributed by atoms with Crippen LogP contribution in [0, 0.1) is 0 Å². The molecule has 0 aliphatic carbocycles. The first kappa shape index (κ1) is 14.8. The van der Waals surface area contributed by atoms with Crippen LogP contribution in [-0.2, 0) is 6.54 Å². The minimum atomic E-state index is 0.819. The van der Waals surface area contributed by atoms with Crippen molar-refractivity contribution in [1.29, 1.82) is 0 Å². The van der Waals surface area contributed by atoms with Crippen molar-refractivity contribution >= 4 is 27.6 Å². The number of anilines is 2. The summed E-state index contributed by atoms with van der Waals surface area (Å²) in [7, 11) is 0. The SMILES string of the molecule is CCCNc1ncnc(NCCCn2cccn2)c1Br. The summed E-state index contributed by atoms with van der Waals surface area (Å²) in [5.41, 5.74) is 0. The van der Waals surface area contributed by atoms with E-state index < -0.39 is 0 Å². The third-order valence-electron chi connectivity index (χ3n) is 2.75. The van der Waals surface area contributed by atoms with Gasteiger partial charge in [0.15, 0.2) is 0 Å². The first-order valence-electron chi connectivity index (χ1n) is 6.77. The molecule has 2 aromatic heterocycles. The van der Waals surface area contributed by atoms with Gasteiger partial charge in [-0.15, -0.1) is 0 Å². The summed E-state index contributed by atoms with van der Waals surface area (Å²) in [4.78, 5) is 8.47. The van der Waals surface area contributed by atoms with E-state index in [9.17, 15) is 0 Å². The Labute approximate surface area is 127 Å². The van der Waals surface area contributed by atoms with Gasteiger partial charge in [-0.1, -0.05) is 6.92 Å². The average Bonchev–Trinajstić information content (AvgIpc) is 2.97. The van der Waals surface area contributed by atoms with E-state index in [2.05, 4.69) is 48.6 Å². The van der Waals surface area contributed by atoms with E-state index in [-0.39, 0.29) is 0 Å². The Kier molecular flexibility index (Phi) is 5.79. The summed E-state index contributed by atoms with van der Waals surface area (Å²) in [6.07, 6.45) is 7.37. The highest BCUT2D eigenvalue weighted by Gasteiger charge is 2.07. The van der Waals surface area contributed by atoms with Crippen LogP contribution < -0.4 is 10.6 Å². The number of aryl methyl sites for hydroxylation is 1. The molecule has 0 amide bonds. The Morgan fingerprint density at radius 3 is 2.60 bits per heavy atom. The van der Waals surface area contributed by atoms with E-state index in [4.69, 9.17) is 0 Å². The van der Waals surface area contributed by atoms with Gasteiger partial charge in [0.05, 0.1) is 0 Å². The lowest BCUT2D eigenvalue weighted by molar-refractivity contribution is 0.591. The fourth-order valence-corrected chi connectivity index (χ4v) is 2.23. The van der Waals surface area contributed by atoms with Crippen molar-refractivity contribution in [2.75, 3.05) is 23.7 Å². The van der Waals surface area contributed by atoms with Crippen molar-refractivity contribution in [3.05, 3.63) is 29.3 Å². The first-order chi connectivity index (χ1) is 9.81. The predicted octanol–water partition coefficient (Wildman–Crippen LogP) is 2.76. The largest absolute Gasteiger partial charge is 0.369 e. The zero-order valence-corrected chi connectivity index (χ0v) is 13.1. The van der Waals surface area contributed by atoms with Crippen LogP contribution in [0.15, 0.2) is 29.3 Å². The lowest BCUT2D eigenvalue weighted by atomic mass is 10.4. The molecule has 0 fully saturated rings. The van der Waals surface area contributed by atoms with Crippen LogP contribution in [0.3, 0.4) is 0 Å². The molecule has 2 heterocycles. The summed E-state index contributed by atoms with van der Waals surface area (Å²) in [6.45, 7) is 4.75. The number of aromatic nitrogens is 4. The minimum Gasteiger partial charge on any atom is -0.369 e. The second kappa shape index (κ2) is 7.84. The van der Waals surface area contributed by atoms with Crippen LogP contribution in [0.4, 0.5) is 11.6 Å². The van der Waals surface area contributed by atoms with Crippen molar-refractivity contribution in [1.82, 2.24) is 19.7 Å². The zero-order valence-electron chi connectivity index (χ0n) is 11.5. The fraction of sp³-hybridized carbons (Fsp3) is 0.462. The molecule has 6 nitrogen and oxygen atoms in total. The van der Waals surface area contributed by atoms with E-state index in [1.807, 2.05) is 16.9 Å². The number of nitrogens with one attached hydrogen (secondary N) is 2. The summed E-state index contributed by atoms with van der Waals surface area (Å²) in [5.74, 6) is 1.65. The molecular weight excluding hydrogens is 320 g/mol. The smallest absolute Gasteiger partial charge is 0.145 e. The van der Waals surface area contributed by atoms with Gasteiger partial charge in [0.2, 0.25) is 0 Å². The molecule has 0 aliphatic rings. The second-order valence-electron chi connectivity index (χ2n) is 4.36. The van der Waals surface area contributed by atoms with Crippen LogP contribution in [0.5, 0.6) is 0 Å². The third-order valence-corrected chi connectivity index (χ3v) is 3.50. The van der Waals surface area contributed by atoms with Crippen LogP contribution in [0.25, 0.3) is 0 Å². The molecule has 0 atom stereocenters. The van der Waals surface area contributed by atoms with Gasteiger partial charge in [-0.25, -0.2) is 9.97 Å². The summed E-state index contributed by atoms with van der Waals surface area (Å²) >= 11 is 3.53. The number of nitrogens with zero attached hydrogens (tertiary/aromatic N) is 4. The molecule has 108 valence electrons. The highest BCUT2D eigenvalue weighted by atomic mass is 79.9. The molecule has 0 radical (unpaired) electrons. The molecule has 2 aromatic rings. The van der Waals surface area contributed by atoms with E-state index >= 15 is 0 Å². The van der Waals surface area contributed by atoms with E-state index in [1.54, 1.807) is 12.5 Å². The molecule has 2 rings (SSSR count). The van der Waals surface area contributed by atoms with Gasteiger partial charge in [0, 0.05) is 32.0 Å². The number of hydrogen-bond donors (Lipinski definition) is 2. The molecule has 0 aromatic carbocycles. The molecule has 0 saturated carbocycles. The highest BCUT2D eigenvalue weighted by molar-refractivity contribution is 9.10. The van der Waals surface area contributed by atoms with Gasteiger partial charge >= 0.3 is 0 Å². The van der Waals surface area contributed by atoms with E-state index in [1.165, 1.54) is 0 Å². The topological polar surface area (TPSA) is 67.7 Å². The number of hydrogen-bond acceptors (Lipinski definition) is 5. The molecule has 0 bridgehead atoms. The number of halogens is 1. The quantitative estimate of drug-likeness (QED) is 0.724. The molecule has 0 aliphatic heterocycles. The summed E-state index contributed by atoms with van der Waals surface area (Å²) in [5, 5.41) is 10.7. The standard InChI is InChI=1S/C13H19BrN6/c1-2-5-15-12-11(14)13(18-10-17-12)16-6-3-8-20-9-4-7-19-20/h4,7,9-10H,2-3,5-6,8H2,1H3,(H2,15,16,17,18). The van der Waals surface area contributed by atoms with Gasteiger partial charge in [-0.2, -0.15) is 5.10 Å². The molecule has 2 N–H and O–H groups in total. The Bertz CT molecular complexity index is 514. The highest BCUT2D eigenvalue weighted by Crippen LogP contribution is 2.26. The van der Waals surface area contributed by atoms with Crippen LogP contribution in [-0.4, -0.2) is 32.8 Å². The maximum atomic E-state index is 4.25. The van der Waals surface area contributed by atoms with Gasteiger partial charge in [-0.3, -0.25) is 4.68 Å². The van der Waals surface area contributed by atoms with Crippen LogP contribution in [0.2, 0.25) is 0 Å². The van der Waals surface area contributed by atoms with E-state index in [0.717, 1.165) is 48.6 Å². The fourth-order valence-electron chi connectivity index (χ4n) is 1.74. The second-order valence-corrected chi connectivity index (χ2v) is 5.15. The molecule has 20 heavy (non-hydrogen) atoms. The van der Waals surface area contributed by atoms with Gasteiger partial charge < -0.3 is 10.6 Å². The monoisotopic (exact) mass is 338 g/mol.